The van der Waals surface area contributed by atoms with Gasteiger partial charge in [0.05, 0.1) is 25.8 Å². The molecule has 2 heterocycles. The first-order chi connectivity index (χ1) is 20.2. The van der Waals surface area contributed by atoms with Crippen LogP contribution in [0.2, 0.25) is 0 Å². The Balaban J connectivity index is 0.00000506. The summed E-state index contributed by atoms with van der Waals surface area (Å²) >= 11 is 1.18. The second-order valence-electron chi connectivity index (χ2n) is 10.3. The lowest BCUT2D eigenvalue weighted by molar-refractivity contribution is -0.143. The summed E-state index contributed by atoms with van der Waals surface area (Å²) in [6.07, 6.45) is 4.46. The molecule has 1 aromatic heterocycles. The molecule has 2 atom stereocenters. The van der Waals surface area contributed by atoms with Gasteiger partial charge >= 0.3 is 11.9 Å². The molecule has 4 rings (SSSR count). The van der Waals surface area contributed by atoms with Gasteiger partial charge in [0.2, 0.25) is 0 Å². The van der Waals surface area contributed by atoms with Crippen molar-refractivity contribution in [3.8, 4) is 0 Å². The summed E-state index contributed by atoms with van der Waals surface area (Å²) in [5.74, 6) is -1.49. The SMILES string of the molecule is CCOC(=O)CCCn1nc(/C=C2\CN(C(C(=O)C3CC3)c3ccccc3F)CCC2SC(C)=O)c(C(=O)OCC)n1.Cl. The lowest BCUT2D eigenvalue weighted by Gasteiger charge is -2.38. The Bertz CT molecular complexity index is 1350. The molecular weight excluding hydrogens is 599 g/mol. The minimum atomic E-state index is -0.756. The number of piperidine rings is 1. The molecule has 0 amide bonds. The van der Waals surface area contributed by atoms with Crippen molar-refractivity contribution in [3.05, 3.63) is 52.6 Å². The highest BCUT2D eigenvalue weighted by atomic mass is 35.5. The van der Waals surface area contributed by atoms with Gasteiger partial charge in [0.25, 0.3) is 0 Å². The van der Waals surface area contributed by atoms with Crippen LogP contribution in [0, 0.1) is 11.7 Å². The standard InChI is InChI=1S/C30H37FN4O6S.ClH/c1-4-40-26(37)11-8-15-35-32-24(27(33-35)30(39)41-5-2)17-21-18-34(16-14-25(21)42-19(3)36)28(29(38)20-12-13-20)22-9-6-7-10-23(22)31;/h6-7,9-10,17,20,25,28H,4-5,8,11-16,18H2,1-3H3;1H/b21-17+;. The van der Waals surface area contributed by atoms with Gasteiger partial charge in [0.15, 0.2) is 16.6 Å². The van der Waals surface area contributed by atoms with Crippen molar-refractivity contribution < 1.29 is 33.0 Å². The summed E-state index contributed by atoms with van der Waals surface area (Å²) < 4.78 is 25.2. The van der Waals surface area contributed by atoms with Crippen molar-refractivity contribution in [2.24, 2.45) is 5.92 Å². The van der Waals surface area contributed by atoms with E-state index in [-0.39, 0.29) is 77.9 Å². The molecule has 13 heteroatoms. The molecule has 0 radical (unpaired) electrons. The number of likely N-dealkylation sites (tertiary alicyclic amines) is 1. The van der Waals surface area contributed by atoms with Crippen LogP contribution >= 0.6 is 24.2 Å². The minimum absolute atomic E-state index is 0. The number of hydrogen-bond acceptors (Lipinski definition) is 10. The summed E-state index contributed by atoms with van der Waals surface area (Å²) in [7, 11) is 0. The molecule has 10 nitrogen and oxygen atoms in total. The van der Waals surface area contributed by atoms with E-state index < -0.39 is 17.8 Å². The molecule has 0 bridgehead atoms. The molecule has 2 unspecified atom stereocenters. The molecular formula is C30H38ClFN4O6S. The van der Waals surface area contributed by atoms with E-state index >= 15 is 0 Å². The van der Waals surface area contributed by atoms with Crippen molar-refractivity contribution in [2.45, 2.75) is 70.7 Å². The Hall–Kier alpha value is -3.09. The number of carbonyl (C=O) groups is 4. The highest BCUT2D eigenvalue weighted by Gasteiger charge is 2.41. The van der Waals surface area contributed by atoms with Crippen LogP contribution in [0.25, 0.3) is 6.08 Å². The number of thioether (sulfide) groups is 1. The average molecular weight is 637 g/mol. The second kappa shape index (κ2) is 16.1. The minimum Gasteiger partial charge on any atom is -0.466 e. The number of halogens is 2. The molecule has 1 aromatic carbocycles. The number of carbonyl (C=O) groups excluding carboxylic acids is 4. The van der Waals surface area contributed by atoms with Crippen LogP contribution in [0.1, 0.15) is 80.7 Å². The number of hydrogen-bond donors (Lipinski definition) is 0. The lowest BCUT2D eigenvalue weighted by Crippen LogP contribution is -2.43. The first-order valence-electron chi connectivity index (χ1n) is 14.4. The molecule has 2 fully saturated rings. The number of ketones is 1. The second-order valence-corrected chi connectivity index (χ2v) is 11.7. The molecule has 1 aliphatic heterocycles. The van der Waals surface area contributed by atoms with Crippen LogP contribution in [-0.4, -0.2) is 74.3 Å². The maximum Gasteiger partial charge on any atom is 0.361 e. The van der Waals surface area contributed by atoms with Crippen molar-refractivity contribution in [3.63, 3.8) is 0 Å². The van der Waals surface area contributed by atoms with Crippen LogP contribution < -0.4 is 0 Å². The zero-order valence-electron chi connectivity index (χ0n) is 24.6. The lowest BCUT2D eigenvalue weighted by atomic mass is 9.93. The van der Waals surface area contributed by atoms with E-state index in [1.165, 1.54) is 29.5 Å². The van der Waals surface area contributed by atoms with Gasteiger partial charge < -0.3 is 9.47 Å². The zero-order valence-corrected chi connectivity index (χ0v) is 26.3. The van der Waals surface area contributed by atoms with Crippen molar-refractivity contribution in [2.75, 3.05) is 26.3 Å². The number of nitrogens with zero attached hydrogens (tertiary/aromatic N) is 4. The molecule has 0 N–H and O–H groups in total. The van der Waals surface area contributed by atoms with Crippen LogP contribution in [0.5, 0.6) is 0 Å². The fourth-order valence-corrected chi connectivity index (χ4v) is 5.99. The third kappa shape index (κ3) is 9.20. The van der Waals surface area contributed by atoms with E-state index in [9.17, 15) is 23.6 Å². The van der Waals surface area contributed by atoms with E-state index in [0.29, 0.717) is 31.6 Å². The maximum absolute atomic E-state index is 15.0. The Morgan fingerprint density at radius 1 is 1.09 bits per heavy atom. The normalized spacial score (nSPS) is 18.5. The number of rotatable bonds is 13. The van der Waals surface area contributed by atoms with Crippen LogP contribution in [0.15, 0.2) is 29.8 Å². The Kier molecular flexibility index (Phi) is 12.9. The van der Waals surface area contributed by atoms with E-state index in [1.807, 2.05) is 4.90 Å². The number of ether oxygens (including phenoxy) is 2. The van der Waals surface area contributed by atoms with Gasteiger partial charge in [-0.1, -0.05) is 30.0 Å². The van der Waals surface area contributed by atoms with Gasteiger partial charge in [0.1, 0.15) is 11.5 Å². The number of esters is 2. The number of Topliss-reactive ketones (excluding diaryl/α,β-unsaturated/α-hetero) is 1. The van der Waals surface area contributed by atoms with E-state index in [0.717, 1.165) is 18.4 Å². The number of benzene rings is 1. The third-order valence-electron chi connectivity index (χ3n) is 7.12. The molecule has 0 spiro atoms. The molecule has 1 saturated heterocycles. The first-order valence-corrected chi connectivity index (χ1v) is 15.3. The largest absolute Gasteiger partial charge is 0.466 e. The molecule has 1 aliphatic carbocycles. The van der Waals surface area contributed by atoms with E-state index in [2.05, 4.69) is 10.2 Å². The summed E-state index contributed by atoms with van der Waals surface area (Å²) in [6, 6.07) is 5.59. The van der Waals surface area contributed by atoms with Gasteiger partial charge in [-0.2, -0.15) is 9.90 Å². The van der Waals surface area contributed by atoms with Gasteiger partial charge in [-0.25, -0.2) is 9.18 Å². The van der Waals surface area contributed by atoms with Gasteiger partial charge in [-0.3, -0.25) is 19.3 Å². The summed E-state index contributed by atoms with van der Waals surface area (Å²) in [4.78, 5) is 53.5. The van der Waals surface area contributed by atoms with E-state index in [1.54, 1.807) is 38.1 Å². The maximum atomic E-state index is 15.0. The Morgan fingerprint density at radius 3 is 2.47 bits per heavy atom. The van der Waals surface area contributed by atoms with Crippen LogP contribution in [-0.2, 0) is 30.4 Å². The predicted octanol–water partition coefficient (Wildman–Crippen LogP) is 4.82. The smallest absolute Gasteiger partial charge is 0.361 e. The number of aryl methyl sites for hydroxylation is 1. The summed E-state index contributed by atoms with van der Waals surface area (Å²) in [6.45, 7) is 6.42. The number of aromatic nitrogens is 3. The molecule has 43 heavy (non-hydrogen) atoms. The van der Waals surface area contributed by atoms with Gasteiger partial charge in [0, 0.05) is 43.2 Å². The van der Waals surface area contributed by atoms with Crippen molar-refractivity contribution in [1.82, 2.24) is 19.9 Å². The monoisotopic (exact) mass is 636 g/mol. The predicted molar refractivity (Wildman–Crippen MR) is 162 cm³/mol. The fraction of sp³-hybridized carbons (Fsp3) is 0.533. The average Bonchev–Trinajstić information content (AvgIpc) is 3.72. The zero-order chi connectivity index (χ0) is 30.2. The van der Waals surface area contributed by atoms with E-state index in [4.69, 9.17) is 9.47 Å². The molecule has 234 valence electrons. The highest BCUT2D eigenvalue weighted by molar-refractivity contribution is 8.14. The van der Waals surface area contributed by atoms with Crippen molar-refractivity contribution in [1.29, 1.82) is 0 Å². The molecule has 2 aliphatic rings. The van der Waals surface area contributed by atoms with Gasteiger partial charge in [-0.15, -0.1) is 17.5 Å². The van der Waals surface area contributed by atoms with Crippen molar-refractivity contribution >= 4 is 53.1 Å². The Morgan fingerprint density at radius 2 is 1.81 bits per heavy atom. The topological polar surface area (TPSA) is 121 Å². The quantitative estimate of drug-likeness (QED) is 0.283. The van der Waals surface area contributed by atoms with Crippen LogP contribution in [0.4, 0.5) is 4.39 Å². The third-order valence-corrected chi connectivity index (χ3v) is 8.27. The molecule has 2 aromatic rings. The van der Waals surface area contributed by atoms with Crippen LogP contribution in [0.3, 0.4) is 0 Å². The molecule has 1 saturated carbocycles. The summed E-state index contributed by atoms with van der Waals surface area (Å²) in [5, 5.41) is 8.57. The first kappa shape index (κ1) is 34.4. The fourth-order valence-electron chi connectivity index (χ4n) is 5.07. The summed E-state index contributed by atoms with van der Waals surface area (Å²) in [5.41, 5.74) is 1.40. The van der Waals surface area contributed by atoms with Gasteiger partial charge in [-0.05, 0) is 57.2 Å². The highest BCUT2D eigenvalue weighted by Crippen LogP contribution is 2.40. The Labute approximate surface area is 261 Å².